The summed E-state index contributed by atoms with van der Waals surface area (Å²) in [7, 11) is 0. The summed E-state index contributed by atoms with van der Waals surface area (Å²) < 4.78 is 5.34. The fourth-order valence-corrected chi connectivity index (χ4v) is 1.33. The molecule has 0 aromatic heterocycles. The molecule has 0 saturated carbocycles. The van der Waals surface area contributed by atoms with E-state index in [-0.39, 0.29) is 12.2 Å². The molecule has 5 nitrogen and oxygen atoms in total. The second-order valence-electron chi connectivity index (χ2n) is 3.34. The third-order valence-corrected chi connectivity index (χ3v) is 2.15. The molecule has 0 bridgehead atoms. The first-order valence-electron chi connectivity index (χ1n) is 5.38. The number of hydrogen-bond donors (Lipinski definition) is 2. The normalized spacial score (nSPS) is 8.89. The number of nitriles is 2. The van der Waals surface area contributed by atoms with E-state index >= 15 is 0 Å². The Morgan fingerprint density at radius 1 is 1.44 bits per heavy atom. The summed E-state index contributed by atoms with van der Waals surface area (Å²) in [6.45, 7) is 2.24. The first kappa shape index (κ1) is 13.6. The van der Waals surface area contributed by atoms with Crippen LogP contribution in [-0.2, 0) is 6.61 Å². The number of rotatable bonds is 5. The van der Waals surface area contributed by atoms with E-state index in [0.29, 0.717) is 23.6 Å². The highest BCUT2D eigenvalue weighted by molar-refractivity contribution is 5.54. The van der Waals surface area contributed by atoms with E-state index in [1.165, 1.54) is 6.20 Å². The van der Waals surface area contributed by atoms with Gasteiger partial charge >= 0.3 is 0 Å². The largest absolute Gasteiger partial charge is 0.494 e. The van der Waals surface area contributed by atoms with Crippen molar-refractivity contribution in [2.75, 3.05) is 11.9 Å². The first-order valence-corrected chi connectivity index (χ1v) is 5.38. The topological polar surface area (TPSA) is 89.1 Å². The van der Waals surface area contributed by atoms with Crippen LogP contribution in [0, 0.1) is 22.7 Å². The van der Waals surface area contributed by atoms with E-state index in [0.717, 1.165) is 0 Å². The molecule has 0 atom stereocenters. The van der Waals surface area contributed by atoms with Crippen molar-refractivity contribution in [2.45, 2.75) is 13.5 Å². The molecule has 2 N–H and O–H groups in total. The zero-order valence-corrected chi connectivity index (χ0v) is 9.97. The second kappa shape index (κ2) is 6.95. The lowest BCUT2D eigenvalue weighted by atomic mass is 10.2. The highest BCUT2D eigenvalue weighted by Crippen LogP contribution is 2.23. The molecule has 5 heteroatoms. The Morgan fingerprint density at radius 3 is 2.72 bits per heavy atom. The summed E-state index contributed by atoms with van der Waals surface area (Å²) in [4.78, 5) is 0. The van der Waals surface area contributed by atoms with Crippen molar-refractivity contribution in [2.24, 2.45) is 0 Å². The zero-order valence-electron chi connectivity index (χ0n) is 9.97. The molecule has 0 heterocycles. The fraction of sp³-hybridized carbons (Fsp3) is 0.231. The number of nitrogens with zero attached hydrogens (tertiary/aromatic N) is 2. The van der Waals surface area contributed by atoms with Crippen LogP contribution in [0.3, 0.4) is 0 Å². The molecule has 0 fully saturated rings. The number of ether oxygens (including phenoxy) is 1. The van der Waals surface area contributed by atoms with Crippen LogP contribution in [0.1, 0.15) is 12.5 Å². The molecule has 0 aliphatic heterocycles. The van der Waals surface area contributed by atoms with Crippen molar-refractivity contribution in [3.63, 3.8) is 0 Å². The van der Waals surface area contributed by atoms with Crippen LogP contribution in [0.5, 0.6) is 5.75 Å². The highest BCUT2D eigenvalue weighted by atomic mass is 16.5. The number of hydrogen-bond acceptors (Lipinski definition) is 5. The van der Waals surface area contributed by atoms with Gasteiger partial charge in [0.25, 0.3) is 0 Å². The van der Waals surface area contributed by atoms with Crippen LogP contribution in [0.2, 0.25) is 0 Å². The van der Waals surface area contributed by atoms with Crippen LogP contribution < -0.4 is 10.1 Å². The summed E-state index contributed by atoms with van der Waals surface area (Å²) in [5.74, 6) is 0.621. The van der Waals surface area contributed by atoms with Crippen molar-refractivity contribution < 1.29 is 9.84 Å². The molecule has 0 aliphatic carbocycles. The average molecular weight is 243 g/mol. The molecule has 1 aromatic carbocycles. The summed E-state index contributed by atoms with van der Waals surface area (Å²) in [5, 5.41) is 29.2. The minimum absolute atomic E-state index is 0.0190. The maximum absolute atomic E-state index is 9.21. The van der Waals surface area contributed by atoms with Gasteiger partial charge in [-0.05, 0) is 25.1 Å². The Hall–Kier alpha value is -2.50. The summed E-state index contributed by atoms with van der Waals surface area (Å²) in [6.07, 6.45) is 1.32. The molecule has 18 heavy (non-hydrogen) atoms. The van der Waals surface area contributed by atoms with E-state index in [2.05, 4.69) is 5.32 Å². The summed E-state index contributed by atoms with van der Waals surface area (Å²) in [5.41, 5.74) is 1.30. The molecule has 1 rings (SSSR count). The SMILES string of the molecule is CCOc1ccc(NC=C(C#N)C#N)cc1CO. The first-order chi connectivity index (χ1) is 8.74. The summed E-state index contributed by atoms with van der Waals surface area (Å²) >= 11 is 0. The van der Waals surface area contributed by atoms with Gasteiger partial charge < -0.3 is 15.2 Å². The van der Waals surface area contributed by atoms with Crippen molar-refractivity contribution >= 4 is 5.69 Å². The predicted molar refractivity (Wildman–Crippen MR) is 66.5 cm³/mol. The molecule has 0 unspecified atom stereocenters. The van der Waals surface area contributed by atoms with Crippen LogP contribution in [0.4, 0.5) is 5.69 Å². The minimum atomic E-state index is -0.141. The van der Waals surface area contributed by atoms with Crippen molar-refractivity contribution in [1.29, 1.82) is 10.5 Å². The minimum Gasteiger partial charge on any atom is -0.494 e. The zero-order chi connectivity index (χ0) is 13.4. The maximum Gasteiger partial charge on any atom is 0.145 e. The number of anilines is 1. The van der Waals surface area contributed by atoms with Gasteiger partial charge in [0.1, 0.15) is 23.5 Å². The van der Waals surface area contributed by atoms with Gasteiger partial charge in [0.05, 0.1) is 13.2 Å². The smallest absolute Gasteiger partial charge is 0.145 e. The maximum atomic E-state index is 9.21. The van der Waals surface area contributed by atoms with E-state index in [1.807, 2.05) is 6.92 Å². The fourth-order valence-electron chi connectivity index (χ4n) is 1.33. The molecule has 0 radical (unpaired) electrons. The number of aliphatic hydroxyl groups excluding tert-OH is 1. The van der Waals surface area contributed by atoms with Gasteiger partial charge in [0.15, 0.2) is 0 Å². The third kappa shape index (κ3) is 3.51. The van der Waals surface area contributed by atoms with Crippen molar-refractivity contribution in [3.8, 4) is 17.9 Å². The lowest BCUT2D eigenvalue weighted by molar-refractivity contribution is 0.267. The van der Waals surface area contributed by atoms with Crippen molar-refractivity contribution in [1.82, 2.24) is 0 Å². The second-order valence-corrected chi connectivity index (χ2v) is 3.34. The Balaban J connectivity index is 2.90. The average Bonchev–Trinajstić information content (AvgIpc) is 2.41. The van der Waals surface area contributed by atoms with E-state index in [1.54, 1.807) is 30.3 Å². The van der Waals surface area contributed by atoms with E-state index in [9.17, 15) is 5.11 Å². The molecule has 0 spiro atoms. The van der Waals surface area contributed by atoms with Gasteiger partial charge in [-0.3, -0.25) is 0 Å². The summed E-state index contributed by atoms with van der Waals surface area (Å²) in [6, 6.07) is 8.66. The third-order valence-electron chi connectivity index (χ3n) is 2.15. The number of allylic oxidation sites excluding steroid dienone is 1. The van der Waals surface area contributed by atoms with Gasteiger partial charge in [0.2, 0.25) is 0 Å². The predicted octanol–water partition coefficient (Wildman–Crippen LogP) is 1.92. The number of nitrogens with one attached hydrogen (secondary N) is 1. The van der Waals surface area contributed by atoms with Crippen LogP contribution in [0.25, 0.3) is 0 Å². The van der Waals surface area contributed by atoms with Gasteiger partial charge in [-0.25, -0.2) is 0 Å². The lowest BCUT2D eigenvalue weighted by Crippen LogP contribution is -1.98. The van der Waals surface area contributed by atoms with E-state index in [4.69, 9.17) is 15.3 Å². The molecule has 1 aromatic rings. The quantitative estimate of drug-likeness (QED) is 0.771. The number of aliphatic hydroxyl groups is 1. The Kier molecular flexibility index (Phi) is 5.24. The van der Waals surface area contributed by atoms with Crippen LogP contribution in [-0.4, -0.2) is 11.7 Å². The molecule has 92 valence electrons. The molecular formula is C13H13N3O2. The lowest BCUT2D eigenvalue weighted by Gasteiger charge is -2.10. The van der Waals surface area contributed by atoms with Gasteiger partial charge in [-0.1, -0.05) is 0 Å². The molecule has 0 saturated heterocycles. The van der Waals surface area contributed by atoms with Crippen LogP contribution in [0.15, 0.2) is 30.0 Å². The van der Waals surface area contributed by atoms with Gasteiger partial charge in [-0.15, -0.1) is 0 Å². The Bertz CT molecular complexity index is 508. The van der Waals surface area contributed by atoms with Gasteiger partial charge in [0, 0.05) is 17.5 Å². The van der Waals surface area contributed by atoms with E-state index < -0.39 is 0 Å². The monoisotopic (exact) mass is 243 g/mol. The Labute approximate surface area is 106 Å². The van der Waals surface area contributed by atoms with Crippen molar-refractivity contribution in [3.05, 3.63) is 35.5 Å². The Morgan fingerprint density at radius 2 is 2.17 bits per heavy atom. The van der Waals surface area contributed by atoms with Crippen LogP contribution >= 0.6 is 0 Å². The number of benzene rings is 1. The highest BCUT2D eigenvalue weighted by Gasteiger charge is 2.03. The molecular weight excluding hydrogens is 230 g/mol. The van der Waals surface area contributed by atoms with Gasteiger partial charge in [-0.2, -0.15) is 10.5 Å². The standard InChI is InChI=1S/C13H13N3O2/c1-2-18-13-4-3-12(5-11(13)9-17)16-8-10(6-14)7-15/h3-5,8,16-17H,2,9H2,1H3. The molecule has 0 aliphatic rings. The molecule has 0 amide bonds.